The Kier molecular flexibility index (Phi) is 5.76. The number of carbonyl (C=O) groups excluding carboxylic acids is 1. The van der Waals surface area contributed by atoms with E-state index in [1.807, 2.05) is 12.1 Å². The normalized spacial score (nSPS) is 21.0. The van der Waals surface area contributed by atoms with E-state index in [1.54, 1.807) is 14.2 Å². The Morgan fingerprint density at radius 2 is 2.00 bits per heavy atom. The average molecular weight is 358 g/mol. The van der Waals surface area contributed by atoms with Gasteiger partial charge in [0.2, 0.25) is 5.91 Å². The van der Waals surface area contributed by atoms with Gasteiger partial charge in [-0.15, -0.1) is 0 Å². The lowest BCUT2D eigenvalue weighted by molar-refractivity contribution is -0.154. The molecule has 1 heterocycles. The van der Waals surface area contributed by atoms with Crippen LogP contribution in [-0.2, 0) is 20.8 Å². The molecule has 0 spiro atoms. The van der Waals surface area contributed by atoms with Gasteiger partial charge in [-0.1, -0.05) is 18.2 Å². The Hall–Kier alpha value is -2.15. The summed E-state index contributed by atoms with van der Waals surface area (Å²) in [6, 6.07) is 12.5. The SMILES string of the molecule is COCC1(CC(N)=O)CN(Cc2ccc3cc(OC)ccc3c2)CCO1. The van der Waals surface area contributed by atoms with Crippen LogP contribution in [-0.4, -0.2) is 56.9 Å². The molecule has 0 radical (unpaired) electrons. The van der Waals surface area contributed by atoms with Crippen LogP contribution < -0.4 is 10.5 Å². The van der Waals surface area contributed by atoms with E-state index in [2.05, 4.69) is 29.2 Å². The van der Waals surface area contributed by atoms with Gasteiger partial charge in [0.1, 0.15) is 11.4 Å². The van der Waals surface area contributed by atoms with Gasteiger partial charge in [-0.2, -0.15) is 0 Å². The molecule has 1 atom stereocenters. The van der Waals surface area contributed by atoms with Crippen molar-refractivity contribution in [1.82, 2.24) is 4.90 Å². The quantitative estimate of drug-likeness (QED) is 0.819. The molecule has 1 aliphatic heterocycles. The monoisotopic (exact) mass is 358 g/mol. The Morgan fingerprint density at radius 3 is 2.73 bits per heavy atom. The number of carbonyl (C=O) groups is 1. The molecule has 1 fully saturated rings. The topological polar surface area (TPSA) is 74.0 Å². The van der Waals surface area contributed by atoms with Crippen molar-refractivity contribution < 1.29 is 19.0 Å². The summed E-state index contributed by atoms with van der Waals surface area (Å²) in [6.07, 6.45) is 0.162. The predicted octanol–water partition coefficient (Wildman–Crippen LogP) is 1.94. The zero-order valence-electron chi connectivity index (χ0n) is 15.4. The van der Waals surface area contributed by atoms with Crippen molar-refractivity contribution in [2.75, 3.05) is 40.5 Å². The largest absolute Gasteiger partial charge is 0.497 e. The van der Waals surface area contributed by atoms with Gasteiger partial charge >= 0.3 is 0 Å². The van der Waals surface area contributed by atoms with E-state index in [9.17, 15) is 4.79 Å². The molecular weight excluding hydrogens is 332 g/mol. The van der Waals surface area contributed by atoms with Crippen molar-refractivity contribution in [3.63, 3.8) is 0 Å². The molecule has 1 aliphatic rings. The van der Waals surface area contributed by atoms with Crippen molar-refractivity contribution in [2.45, 2.75) is 18.6 Å². The standard InChI is InChI=1S/C20H26N2O4/c1-24-14-20(11-19(21)23)13-22(7-8-26-20)12-15-3-4-17-10-18(25-2)6-5-16(17)9-15/h3-6,9-10H,7-8,11-14H2,1-2H3,(H2,21,23). The summed E-state index contributed by atoms with van der Waals surface area (Å²) in [5.41, 5.74) is 5.97. The van der Waals surface area contributed by atoms with Crippen molar-refractivity contribution in [3.8, 4) is 5.75 Å². The van der Waals surface area contributed by atoms with Crippen LogP contribution in [0.25, 0.3) is 10.8 Å². The Morgan fingerprint density at radius 1 is 1.23 bits per heavy atom. The third kappa shape index (κ3) is 4.33. The van der Waals surface area contributed by atoms with Gasteiger partial charge in [-0.25, -0.2) is 0 Å². The highest BCUT2D eigenvalue weighted by Crippen LogP contribution is 2.26. The minimum Gasteiger partial charge on any atom is -0.497 e. The number of primary amides is 1. The second-order valence-corrected chi connectivity index (χ2v) is 6.87. The van der Waals surface area contributed by atoms with Crippen molar-refractivity contribution in [1.29, 1.82) is 0 Å². The molecule has 2 N–H and O–H groups in total. The molecule has 0 bridgehead atoms. The van der Waals surface area contributed by atoms with E-state index >= 15 is 0 Å². The molecular formula is C20H26N2O4. The number of methoxy groups -OCH3 is 2. The van der Waals surface area contributed by atoms with Crippen LogP contribution in [0.2, 0.25) is 0 Å². The highest BCUT2D eigenvalue weighted by atomic mass is 16.5. The van der Waals surface area contributed by atoms with Crippen molar-refractivity contribution in [3.05, 3.63) is 42.0 Å². The van der Waals surface area contributed by atoms with Gasteiger partial charge in [-0.3, -0.25) is 9.69 Å². The van der Waals surface area contributed by atoms with E-state index in [0.29, 0.717) is 19.8 Å². The average Bonchev–Trinajstić information content (AvgIpc) is 2.61. The number of amides is 1. The van der Waals surface area contributed by atoms with Gasteiger partial charge in [0.15, 0.2) is 0 Å². The van der Waals surface area contributed by atoms with Gasteiger partial charge in [-0.05, 0) is 34.5 Å². The van der Waals surface area contributed by atoms with Crippen LogP contribution in [0.4, 0.5) is 0 Å². The highest BCUT2D eigenvalue weighted by molar-refractivity contribution is 5.84. The maximum Gasteiger partial charge on any atom is 0.220 e. The Balaban J connectivity index is 1.75. The molecule has 140 valence electrons. The zero-order valence-corrected chi connectivity index (χ0v) is 15.4. The molecule has 2 aromatic rings. The highest BCUT2D eigenvalue weighted by Gasteiger charge is 2.38. The number of ether oxygens (including phenoxy) is 3. The first-order valence-electron chi connectivity index (χ1n) is 8.74. The number of fused-ring (bicyclic) bond motifs is 1. The molecule has 6 nitrogen and oxygen atoms in total. The van der Waals surface area contributed by atoms with Crippen molar-refractivity contribution >= 4 is 16.7 Å². The van der Waals surface area contributed by atoms with Crippen LogP contribution in [0.3, 0.4) is 0 Å². The molecule has 6 heteroatoms. The number of morpholine rings is 1. The first-order chi connectivity index (χ1) is 12.5. The molecule has 1 amide bonds. The molecule has 26 heavy (non-hydrogen) atoms. The third-order valence-electron chi connectivity index (χ3n) is 4.75. The number of hydrogen-bond acceptors (Lipinski definition) is 5. The molecule has 2 aromatic carbocycles. The lowest BCUT2D eigenvalue weighted by Gasteiger charge is -2.41. The molecule has 1 unspecified atom stereocenters. The summed E-state index contributed by atoms with van der Waals surface area (Å²) in [5.74, 6) is 0.484. The van der Waals surface area contributed by atoms with E-state index in [4.69, 9.17) is 19.9 Å². The van der Waals surface area contributed by atoms with Gasteiger partial charge in [0.05, 0.1) is 26.7 Å². The Bertz CT molecular complexity index is 775. The first-order valence-corrected chi connectivity index (χ1v) is 8.74. The Labute approximate surface area is 153 Å². The minimum absolute atomic E-state index is 0.162. The van der Waals surface area contributed by atoms with Crippen LogP contribution in [0.5, 0.6) is 5.75 Å². The van der Waals surface area contributed by atoms with Gasteiger partial charge in [0.25, 0.3) is 0 Å². The fourth-order valence-electron chi connectivity index (χ4n) is 3.64. The predicted molar refractivity (Wildman–Crippen MR) is 100 cm³/mol. The molecule has 0 saturated carbocycles. The van der Waals surface area contributed by atoms with Gasteiger partial charge in [0, 0.05) is 26.7 Å². The summed E-state index contributed by atoms with van der Waals surface area (Å²) in [7, 11) is 3.29. The van der Waals surface area contributed by atoms with Crippen LogP contribution in [0.15, 0.2) is 36.4 Å². The summed E-state index contributed by atoms with van der Waals surface area (Å²) in [5, 5.41) is 2.33. The van der Waals surface area contributed by atoms with Crippen LogP contribution in [0, 0.1) is 0 Å². The number of nitrogens with two attached hydrogens (primary N) is 1. The van der Waals surface area contributed by atoms with Crippen LogP contribution in [0.1, 0.15) is 12.0 Å². The summed E-state index contributed by atoms with van der Waals surface area (Å²) < 4.78 is 16.5. The van der Waals surface area contributed by atoms with E-state index in [1.165, 1.54) is 10.9 Å². The third-order valence-corrected chi connectivity index (χ3v) is 4.75. The fourth-order valence-corrected chi connectivity index (χ4v) is 3.64. The minimum atomic E-state index is -0.664. The number of rotatable bonds is 7. The number of hydrogen-bond donors (Lipinski definition) is 1. The fraction of sp³-hybridized carbons (Fsp3) is 0.450. The lowest BCUT2D eigenvalue weighted by atomic mass is 9.97. The number of benzene rings is 2. The maximum atomic E-state index is 11.5. The second kappa shape index (κ2) is 8.03. The zero-order chi connectivity index (χ0) is 18.6. The smallest absolute Gasteiger partial charge is 0.220 e. The van der Waals surface area contributed by atoms with Crippen molar-refractivity contribution in [2.24, 2.45) is 5.73 Å². The molecule has 0 aliphatic carbocycles. The van der Waals surface area contributed by atoms with Gasteiger partial charge < -0.3 is 19.9 Å². The molecule has 3 rings (SSSR count). The van der Waals surface area contributed by atoms with E-state index in [-0.39, 0.29) is 12.3 Å². The molecule has 1 saturated heterocycles. The summed E-state index contributed by atoms with van der Waals surface area (Å²) >= 11 is 0. The first kappa shape index (κ1) is 18.6. The van der Waals surface area contributed by atoms with E-state index in [0.717, 1.165) is 24.2 Å². The lowest BCUT2D eigenvalue weighted by Crippen LogP contribution is -2.55. The second-order valence-electron chi connectivity index (χ2n) is 6.87. The van der Waals surface area contributed by atoms with Crippen LogP contribution >= 0.6 is 0 Å². The number of nitrogens with zero attached hydrogens (tertiary/aromatic N) is 1. The molecule has 0 aromatic heterocycles. The summed E-state index contributed by atoms with van der Waals surface area (Å²) in [6.45, 7) is 3.12. The maximum absolute atomic E-state index is 11.5. The van der Waals surface area contributed by atoms with E-state index < -0.39 is 5.60 Å². The summed E-state index contributed by atoms with van der Waals surface area (Å²) in [4.78, 5) is 13.8.